The smallest absolute Gasteiger partial charge is 0.163 e. The van der Waals surface area contributed by atoms with Crippen molar-refractivity contribution in [3.05, 3.63) is 83.4 Å². The predicted octanol–water partition coefficient (Wildman–Crippen LogP) is 3.69. The quantitative estimate of drug-likeness (QED) is 0.674. The lowest BCUT2D eigenvalue weighted by atomic mass is 10.0. The molecule has 0 fully saturated rings. The van der Waals surface area contributed by atoms with Crippen LogP contribution in [-0.2, 0) is 16.2 Å². The number of aldehydes is 1. The molecule has 2 aromatic carbocycles. The number of phenols is 1. The first-order valence-electron chi connectivity index (χ1n) is 7.83. The number of rotatable bonds is 5. The average Bonchev–Trinajstić information content (AvgIpc) is 2.93. The number of allylic oxidation sites excluding steroid dienone is 1. The van der Waals surface area contributed by atoms with E-state index in [2.05, 4.69) is 0 Å². The van der Waals surface area contributed by atoms with Crippen LogP contribution in [0.4, 0.5) is 0 Å². The van der Waals surface area contributed by atoms with Gasteiger partial charge in [-0.2, -0.15) is 0 Å². The van der Waals surface area contributed by atoms with Crippen LogP contribution in [-0.4, -0.2) is 22.5 Å². The first kappa shape index (κ1) is 16.0. The third-order valence-electron chi connectivity index (χ3n) is 3.89. The number of hydrogen-bond acceptors (Lipinski definition) is 4. The summed E-state index contributed by atoms with van der Waals surface area (Å²) in [5.74, 6) is 0.787. The lowest BCUT2D eigenvalue weighted by molar-refractivity contribution is -0.107. The molecule has 0 amide bonds. The Morgan fingerprint density at radius 3 is 2.62 bits per heavy atom. The zero-order valence-electron chi connectivity index (χ0n) is 13.4. The van der Waals surface area contributed by atoms with Gasteiger partial charge >= 0.3 is 0 Å². The molecule has 0 aromatic heterocycles. The fourth-order valence-electron chi connectivity index (χ4n) is 2.80. The van der Waals surface area contributed by atoms with E-state index in [0.717, 1.165) is 17.4 Å². The third kappa shape index (κ3) is 3.24. The van der Waals surface area contributed by atoms with Gasteiger partial charge in [-0.3, -0.25) is 4.79 Å². The molecule has 1 heterocycles. The molecule has 2 aromatic rings. The summed E-state index contributed by atoms with van der Waals surface area (Å²) in [4.78, 5) is 17.7. The molecule has 1 unspecified atom stereocenters. The van der Waals surface area contributed by atoms with Crippen molar-refractivity contribution in [2.75, 3.05) is 0 Å². The summed E-state index contributed by atoms with van der Waals surface area (Å²) in [6.45, 7) is 2.37. The van der Waals surface area contributed by atoms with Crippen LogP contribution in [0, 0.1) is 0 Å². The molecule has 1 aliphatic rings. The lowest BCUT2D eigenvalue weighted by Gasteiger charge is -2.21. The highest BCUT2D eigenvalue weighted by Crippen LogP contribution is 2.34. The lowest BCUT2D eigenvalue weighted by Crippen LogP contribution is -2.29. The minimum atomic E-state index is -0.259. The molecule has 0 saturated carbocycles. The van der Waals surface area contributed by atoms with Crippen LogP contribution in [0.25, 0.3) is 5.76 Å². The topological polar surface area (TPSA) is 49.8 Å². The van der Waals surface area contributed by atoms with Crippen LogP contribution in [0.5, 0.6) is 5.75 Å². The van der Waals surface area contributed by atoms with Gasteiger partial charge in [0.1, 0.15) is 5.75 Å². The van der Waals surface area contributed by atoms with Gasteiger partial charge in [0.15, 0.2) is 12.0 Å². The predicted molar refractivity (Wildman–Crippen MR) is 92.8 cm³/mol. The Kier molecular flexibility index (Phi) is 4.77. The summed E-state index contributed by atoms with van der Waals surface area (Å²) >= 11 is 0. The van der Waals surface area contributed by atoms with E-state index in [0.29, 0.717) is 17.9 Å². The van der Waals surface area contributed by atoms with E-state index in [1.165, 1.54) is 0 Å². The van der Waals surface area contributed by atoms with Crippen LogP contribution in [0.2, 0.25) is 0 Å². The molecule has 122 valence electrons. The number of hydrogen-bond donors (Lipinski definition) is 1. The zero-order valence-corrected chi connectivity index (χ0v) is 13.4. The van der Waals surface area contributed by atoms with Crippen LogP contribution in [0.3, 0.4) is 0 Å². The minimum Gasteiger partial charge on any atom is -0.508 e. The van der Waals surface area contributed by atoms with Gasteiger partial charge in [-0.15, -0.1) is 5.06 Å². The van der Waals surface area contributed by atoms with E-state index < -0.39 is 0 Å². The molecule has 0 radical (unpaired) electrons. The van der Waals surface area contributed by atoms with E-state index >= 15 is 0 Å². The van der Waals surface area contributed by atoms with Crippen molar-refractivity contribution < 1.29 is 14.7 Å². The fourth-order valence-corrected chi connectivity index (χ4v) is 2.80. The SMILES string of the molecule is CC=CC1C(C=O)=C(c2ccccc2)ON1Cc1cccc(O)c1. The summed E-state index contributed by atoms with van der Waals surface area (Å²) in [6.07, 6.45) is 4.69. The van der Waals surface area contributed by atoms with Crippen molar-refractivity contribution in [3.8, 4) is 5.75 Å². The highest BCUT2D eigenvalue weighted by molar-refractivity contribution is 5.89. The maximum Gasteiger partial charge on any atom is 0.163 e. The number of carbonyl (C=O) groups excluding carboxylic acids is 1. The first-order valence-corrected chi connectivity index (χ1v) is 7.83. The van der Waals surface area contributed by atoms with E-state index in [-0.39, 0.29) is 11.8 Å². The summed E-state index contributed by atoms with van der Waals surface area (Å²) < 4.78 is 0. The monoisotopic (exact) mass is 321 g/mol. The van der Waals surface area contributed by atoms with Gasteiger partial charge in [-0.1, -0.05) is 54.6 Å². The van der Waals surface area contributed by atoms with Gasteiger partial charge in [0.25, 0.3) is 0 Å². The molecule has 4 nitrogen and oxygen atoms in total. The summed E-state index contributed by atoms with van der Waals surface area (Å²) in [5, 5.41) is 11.4. The van der Waals surface area contributed by atoms with Crippen LogP contribution in [0.15, 0.2) is 72.3 Å². The molecule has 0 spiro atoms. The molecule has 0 saturated heterocycles. The maximum absolute atomic E-state index is 11.7. The van der Waals surface area contributed by atoms with Gasteiger partial charge < -0.3 is 9.94 Å². The van der Waals surface area contributed by atoms with Gasteiger partial charge in [0.05, 0.1) is 18.2 Å². The van der Waals surface area contributed by atoms with Crippen LogP contribution >= 0.6 is 0 Å². The van der Waals surface area contributed by atoms with Crippen LogP contribution in [0.1, 0.15) is 18.1 Å². The fraction of sp³-hybridized carbons (Fsp3) is 0.150. The molecule has 1 aliphatic heterocycles. The first-order chi connectivity index (χ1) is 11.7. The number of phenolic OH excluding ortho intramolecular Hbond substituents is 1. The second-order valence-corrected chi connectivity index (χ2v) is 5.58. The largest absolute Gasteiger partial charge is 0.508 e. The standard InChI is InChI=1S/C20H19NO3/c1-2-7-19-18(14-22)20(16-9-4-3-5-10-16)24-21(19)13-15-8-6-11-17(23)12-15/h2-12,14,19,23H,13H2,1H3. The highest BCUT2D eigenvalue weighted by Gasteiger charge is 2.33. The number of carbonyl (C=O) groups is 1. The van der Waals surface area contributed by atoms with Gasteiger partial charge in [-0.05, 0) is 24.6 Å². The van der Waals surface area contributed by atoms with Gasteiger partial charge in [0, 0.05) is 5.56 Å². The van der Waals surface area contributed by atoms with Crippen molar-refractivity contribution in [2.24, 2.45) is 0 Å². The summed E-state index contributed by atoms with van der Waals surface area (Å²) in [7, 11) is 0. The van der Waals surface area contributed by atoms with Crippen molar-refractivity contribution >= 4 is 12.0 Å². The van der Waals surface area contributed by atoms with E-state index in [1.807, 2.05) is 55.5 Å². The summed E-state index contributed by atoms with van der Waals surface area (Å²) in [6, 6.07) is 16.4. The second-order valence-electron chi connectivity index (χ2n) is 5.58. The van der Waals surface area contributed by atoms with Crippen molar-refractivity contribution in [3.63, 3.8) is 0 Å². The molecular formula is C20H19NO3. The number of aromatic hydroxyl groups is 1. The number of benzene rings is 2. The van der Waals surface area contributed by atoms with Crippen molar-refractivity contribution in [1.29, 1.82) is 0 Å². The van der Waals surface area contributed by atoms with Crippen LogP contribution < -0.4 is 0 Å². The zero-order chi connectivity index (χ0) is 16.9. The van der Waals surface area contributed by atoms with Crippen molar-refractivity contribution in [1.82, 2.24) is 5.06 Å². The van der Waals surface area contributed by atoms with E-state index in [9.17, 15) is 9.90 Å². The van der Waals surface area contributed by atoms with E-state index in [4.69, 9.17) is 4.84 Å². The minimum absolute atomic E-state index is 0.209. The second kappa shape index (κ2) is 7.15. The van der Waals surface area contributed by atoms with Crippen molar-refractivity contribution in [2.45, 2.75) is 19.5 Å². The Bertz CT molecular complexity index is 780. The Labute approximate surface area is 141 Å². The number of nitrogens with zero attached hydrogens (tertiary/aromatic N) is 1. The van der Waals surface area contributed by atoms with Gasteiger partial charge in [0.2, 0.25) is 0 Å². The normalized spacial score (nSPS) is 18.1. The molecule has 0 bridgehead atoms. The summed E-state index contributed by atoms with van der Waals surface area (Å²) in [5.41, 5.74) is 2.37. The molecule has 1 N–H and O–H groups in total. The molecular weight excluding hydrogens is 302 g/mol. The Balaban J connectivity index is 1.93. The molecule has 4 heteroatoms. The molecule has 0 aliphatic carbocycles. The molecule has 24 heavy (non-hydrogen) atoms. The molecule has 1 atom stereocenters. The third-order valence-corrected chi connectivity index (χ3v) is 3.89. The Hall–Kier alpha value is -2.85. The average molecular weight is 321 g/mol. The maximum atomic E-state index is 11.7. The van der Waals surface area contributed by atoms with Gasteiger partial charge in [-0.25, -0.2) is 0 Å². The number of hydroxylamine groups is 2. The Morgan fingerprint density at radius 1 is 1.17 bits per heavy atom. The molecule has 3 rings (SSSR count). The highest BCUT2D eigenvalue weighted by atomic mass is 16.7. The Morgan fingerprint density at radius 2 is 1.96 bits per heavy atom. The van der Waals surface area contributed by atoms with E-state index in [1.54, 1.807) is 23.3 Å².